The Labute approximate surface area is 113 Å². The molecule has 2 atom stereocenters. The summed E-state index contributed by atoms with van der Waals surface area (Å²) in [5, 5.41) is 0. The van der Waals surface area contributed by atoms with Gasteiger partial charge in [0.15, 0.2) is 0 Å². The third kappa shape index (κ3) is 2.59. The van der Waals surface area contributed by atoms with Crippen molar-refractivity contribution in [3.63, 3.8) is 0 Å². The quantitative estimate of drug-likeness (QED) is 0.792. The van der Waals surface area contributed by atoms with Crippen LogP contribution in [0.5, 0.6) is 0 Å². The second kappa shape index (κ2) is 5.16. The minimum absolute atomic E-state index is 0.314. The minimum atomic E-state index is 0.314. The van der Waals surface area contributed by atoms with Gasteiger partial charge in [-0.05, 0) is 27.0 Å². The number of likely N-dealkylation sites (N-methyl/N-ethyl adjacent to an activating group) is 1. The maximum Gasteiger partial charge on any atom is 0.226 e. The van der Waals surface area contributed by atoms with E-state index < -0.39 is 0 Å². The molecule has 0 radical (unpaired) electrons. The SMILES string of the molecule is CC1CN(c2nccc(C(N)=S)n2)CC(C)N1C. The van der Waals surface area contributed by atoms with Crippen molar-refractivity contribution in [2.75, 3.05) is 25.0 Å². The summed E-state index contributed by atoms with van der Waals surface area (Å²) >= 11 is 4.95. The third-order valence-corrected chi connectivity index (χ3v) is 3.75. The fourth-order valence-corrected chi connectivity index (χ4v) is 2.32. The van der Waals surface area contributed by atoms with Crippen LogP contribution in [0.15, 0.2) is 12.3 Å². The number of rotatable bonds is 2. The van der Waals surface area contributed by atoms with Gasteiger partial charge in [0.1, 0.15) is 10.7 Å². The average molecular weight is 265 g/mol. The predicted molar refractivity (Wildman–Crippen MR) is 76.8 cm³/mol. The molecule has 1 aliphatic rings. The van der Waals surface area contributed by atoms with E-state index in [0.29, 0.717) is 28.7 Å². The van der Waals surface area contributed by atoms with E-state index in [1.165, 1.54) is 0 Å². The van der Waals surface area contributed by atoms with Crippen molar-refractivity contribution in [2.24, 2.45) is 5.73 Å². The van der Waals surface area contributed by atoms with Gasteiger partial charge in [0.2, 0.25) is 5.95 Å². The summed E-state index contributed by atoms with van der Waals surface area (Å²) in [5.74, 6) is 0.715. The van der Waals surface area contributed by atoms with Gasteiger partial charge in [-0.1, -0.05) is 12.2 Å². The molecule has 1 saturated heterocycles. The molecule has 2 unspecified atom stereocenters. The van der Waals surface area contributed by atoms with Crippen LogP contribution < -0.4 is 10.6 Å². The van der Waals surface area contributed by atoms with Gasteiger partial charge in [0.25, 0.3) is 0 Å². The standard InChI is InChI=1S/C12H19N5S/c1-8-6-17(7-9(2)16(8)3)12-14-5-4-10(15-12)11(13)18/h4-5,8-9H,6-7H2,1-3H3,(H2,13,18). The zero-order chi connectivity index (χ0) is 13.3. The zero-order valence-electron chi connectivity index (χ0n) is 11.0. The van der Waals surface area contributed by atoms with E-state index in [1.54, 1.807) is 12.3 Å². The molecule has 18 heavy (non-hydrogen) atoms. The first kappa shape index (κ1) is 13.2. The van der Waals surface area contributed by atoms with E-state index in [2.05, 4.69) is 40.7 Å². The van der Waals surface area contributed by atoms with Crippen molar-refractivity contribution in [1.82, 2.24) is 14.9 Å². The van der Waals surface area contributed by atoms with Crippen LogP contribution in [-0.2, 0) is 0 Å². The van der Waals surface area contributed by atoms with Gasteiger partial charge in [0, 0.05) is 31.4 Å². The molecule has 1 aromatic rings. The molecule has 2 N–H and O–H groups in total. The van der Waals surface area contributed by atoms with Gasteiger partial charge < -0.3 is 10.6 Å². The molecule has 6 heteroatoms. The second-order valence-corrected chi connectivity index (χ2v) is 5.31. The van der Waals surface area contributed by atoms with E-state index in [-0.39, 0.29) is 0 Å². The molecule has 2 rings (SSSR count). The predicted octanol–water partition coefficient (Wildman–Crippen LogP) is 0.640. The molecule has 0 saturated carbocycles. The van der Waals surface area contributed by atoms with Gasteiger partial charge >= 0.3 is 0 Å². The highest BCUT2D eigenvalue weighted by atomic mass is 32.1. The number of nitrogens with zero attached hydrogens (tertiary/aromatic N) is 4. The molecule has 0 aromatic carbocycles. The lowest BCUT2D eigenvalue weighted by Gasteiger charge is -2.42. The Morgan fingerprint density at radius 3 is 2.56 bits per heavy atom. The highest BCUT2D eigenvalue weighted by Gasteiger charge is 2.27. The van der Waals surface area contributed by atoms with Crippen LogP contribution in [0.3, 0.4) is 0 Å². The molecule has 98 valence electrons. The van der Waals surface area contributed by atoms with Gasteiger partial charge in [0.05, 0.1) is 0 Å². The number of piperazine rings is 1. The normalized spacial score (nSPS) is 25.2. The molecule has 1 aromatic heterocycles. The summed E-state index contributed by atoms with van der Waals surface area (Å²) in [6, 6.07) is 2.70. The minimum Gasteiger partial charge on any atom is -0.388 e. The van der Waals surface area contributed by atoms with Crippen LogP contribution in [0.1, 0.15) is 19.5 Å². The number of aromatic nitrogens is 2. The lowest BCUT2D eigenvalue weighted by molar-refractivity contribution is 0.169. The second-order valence-electron chi connectivity index (χ2n) is 4.87. The van der Waals surface area contributed by atoms with Crippen LogP contribution in [-0.4, -0.2) is 52.1 Å². The number of anilines is 1. The largest absolute Gasteiger partial charge is 0.388 e. The molecule has 0 bridgehead atoms. The Morgan fingerprint density at radius 2 is 2.00 bits per heavy atom. The van der Waals surface area contributed by atoms with E-state index in [1.807, 2.05) is 0 Å². The Balaban J connectivity index is 2.21. The number of hydrogen-bond donors (Lipinski definition) is 1. The van der Waals surface area contributed by atoms with Crippen molar-refractivity contribution in [2.45, 2.75) is 25.9 Å². The van der Waals surface area contributed by atoms with Crippen molar-refractivity contribution in [1.29, 1.82) is 0 Å². The number of hydrogen-bond acceptors (Lipinski definition) is 5. The molecule has 2 heterocycles. The van der Waals surface area contributed by atoms with Crippen molar-refractivity contribution < 1.29 is 0 Å². The van der Waals surface area contributed by atoms with Crippen molar-refractivity contribution in [3.8, 4) is 0 Å². The topological polar surface area (TPSA) is 58.3 Å². The first-order valence-corrected chi connectivity index (χ1v) is 6.49. The third-order valence-electron chi connectivity index (χ3n) is 3.54. The van der Waals surface area contributed by atoms with Crippen molar-refractivity contribution in [3.05, 3.63) is 18.0 Å². The summed E-state index contributed by atoms with van der Waals surface area (Å²) in [6.45, 7) is 6.25. The van der Waals surface area contributed by atoms with Gasteiger partial charge in [-0.15, -0.1) is 0 Å². The summed E-state index contributed by atoms with van der Waals surface area (Å²) in [5.41, 5.74) is 6.24. The fraction of sp³-hybridized carbons (Fsp3) is 0.583. The van der Waals surface area contributed by atoms with E-state index in [0.717, 1.165) is 13.1 Å². The molecular weight excluding hydrogens is 246 g/mol. The molecule has 1 aliphatic heterocycles. The van der Waals surface area contributed by atoms with Crippen LogP contribution in [0.4, 0.5) is 5.95 Å². The van der Waals surface area contributed by atoms with E-state index in [9.17, 15) is 0 Å². The first-order valence-electron chi connectivity index (χ1n) is 6.08. The van der Waals surface area contributed by atoms with E-state index in [4.69, 9.17) is 18.0 Å². The van der Waals surface area contributed by atoms with Gasteiger partial charge in [-0.3, -0.25) is 4.90 Å². The molecular formula is C12H19N5S. The summed E-state index contributed by atoms with van der Waals surface area (Å²) in [7, 11) is 2.15. The first-order chi connectivity index (χ1) is 8.49. The molecule has 0 aliphatic carbocycles. The Hall–Kier alpha value is -1.27. The van der Waals surface area contributed by atoms with Crippen LogP contribution in [0, 0.1) is 0 Å². The summed E-state index contributed by atoms with van der Waals surface area (Å²) < 4.78 is 0. The highest BCUT2D eigenvalue weighted by molar-refractivity contribution is 7.80. The molecule has 0 spiro atoms. The maximum atomic E-state index is 5.60. The van der Waals surface area contributed by atoms with Crippen LogP contribution in [0.25, 0.3) is 0 Å². The van der Waals surface area contributed by atoms with Gasteiger partial charge in [-0.25, -0.2) is 9.97 Å². The number of nitrogens with two attached hydrogens (primary N) is 1. The summed E-state index contributed by atoms with van der Waals surface area (Å²) in [6.07, 6.45) is 1.71. The van der Waals surface area contributed by atoms with Crippen LogP contribution in [0.2, 0.25) is 0 Å². The van der Waals surface area contributed by atoms with Crippen LogP contribution >= 0.6 is 12.2 Å². The zero-order valence-corrected chi connectivity index (χ0v) is 11.8. The lowest BCUT2D eigenvalue weighted by atomic mass is 10.1. The average Bonchev–Trinajstić information content (AvgIpc) is 2.35. The fourth-order valence-electron chi connectivity index (χ4n) is 2.21. The lowest BCUT2D eigenvalue weighted by Crippen LogP contribution is -2.55. The highest BCUT2D eigenvalue weighted by Crippen LogP contribution is 2.17. The smallest absolute Gasteiger partial charge is 0.226 e. The maximum absolute atomic E-state index is 5.60. The Kier molecular flexibility index (Phi) is 3.77. The molecule has 0 amide bonds. The Morgan fingerprint density at radius 1 is 1.39 bits per heavy atom. The van der Waals surface area contributed by atoms with Crippen molar-refractivity contribution >= 4 is 23.2 Å². The molecule has 5 nitrogen and oxygen atoms in total. The van der Waals surface area contributed by atoms with E-state index >= 15 is 0 Å². The Bertz CT molecular complexity index is 438. The molecule has 1 fully saturated rings. The van der Waals surface area contributed by atoms with Gasteiger partial charge in [-0.2, -0.15) is 0 Å². The summed E-state index contributed by atoms with van der Waals surface area (Å²) in [4.78, 5) is 13.6. The number of thiocarbonyl (C=S) groups is 1. The monoisotopic (exact) mass is 265 g/mol.